The first-order valence-corrected chi connectivity index (χ1v) is 11.8. The van der Waals surface area contributed by atoms with Crippen LogP contribution in [0.3, 0.4) is 0 Å². The normalized spacial score (nSPS) is 17.2. The van der Waals surface area contributed by atoms with Crippen LogP contribution in [-0.2, 0) is 4.79 Å². The van der Waals surface area contributed by atoms with Gasteiger partial charge in [-0.2, -0.15) is 0 Å². The summed E-state index contributed by atoms with van der Waals surface area (Å²) in [6, 6.07) is 24.0. The Labute approximate surface area is 197 Å². The topological polar surface area (TPSA) is 71.8 Å². The number of benzene rings is 3. The van der Waals surface area contributed by atoms with Gasteiger partial charge in [-0.25, -0.2) is 4.68 Å². The summed E-state index contributed by atoms with van der Waals surface area (Å²) in [7, 11) is 0. The molecule has 5 rings (SSSR count). The molecule has 1 amide bonds. The zero-order valence-electron chi connectivity index (χ0n) is 18.7. The summed E-state index contributed by atoms with van der Waals surface area (Å²) in [4.78, 5) is 13.5. The second kappa shape index (κ2) is 8.75. The van der Waals surface area contributed by atoms with E-state index in [4.69, 9.17) is 0 Å². The molecule has 2 atom stereocenters. The number of nitrogens with one attached hydrogen (secondary N) is 2. The van der Waals surface area contributed by atoms with Gasteiger partial charge in [0.25, 0.3) is 0 Å². The molecule has 1 aliphatic heterocycles. The van der Waals surface area contributed by atoms with Gasteiger partial charge >= 0.3 is 0 Å². The number of hydrogen-bond donors (Lipinski definition) is 2. The molecule has 2 heterocycles. The standard InChI is InChI=1S/C26H25N5OS/c1-16-10-13-19(14-11-16)22-23(25(32)27-21-15-17(2)9-12-18(21)3)33-26-29-28-24(31(26)30-22)20-7-5-4-6-8-20/h4-15,22-23,30H,1-3H3,(H,27,32)/t22-,23+/m1/s1. The number of amides is 1. The zero-order chi connectivity index (χ0) is 22.9. The third kappa shape index (κ3) is 4.24. The molecule has 1 aromatic heterocycles. The predicted molar refractivity (Wildman–Crippen MR) is 133 cm³/mol. The minimum absolute atomic E-state index is 0.0673. The molecule has 1 aliphatic rings. The molecule has 7 heteroatoms. The van der Waals surface area contributed by atoms with E-state index in [9.17, 15) is 4.79 Å². The number of rotatable bonds is 4. The van der Waals surface area contributed by atoms with Gasteiger partial charge in [0.15, 0.2) is 5.82 Å². The maximum absolute atomic E-state index is 13.5. The molecule has 166 valence electrons. The summed E-state index contributed by atoms with van der Waals surface area (Å²) in [5, 5.41) is 12.2. The van der Waals surface area contributed by atoms with Crippen LogP contribution in [0.1, 0.15) is 28.3 Å². The van der Waals surface area contributed by atoms with Gasteiger partial charge in [-0.15, -0.1) is 10.2 Å². The van der Waals surface area contributed by atoms with Crippen molar-refractivity contribution in [3.8, 4) is 11.4 Å². The summed E-state index contributed by atoms with van der Waals surface area (Å²) in [6.07, 6.45) is 0. The number of nitrogens with zero attached hydrogens (tertiary/aromatic N) is 3. The molecule has 0 radical (unpaired) electrons. The summed E-state index contributed by atoms with van der Waals surface area (Å²) in [5.41, 5.74) is 9.67. The van der Waals surface area contributed by atoms with E-state index in [1.54, 1.807) is 0 Å². The molecule has 0 saturated heterocycles. The van der Waals surface area contributed by atoms with Crippen molar-refractivity contribution in [3.63, 3.8) is 0 Å². The summed E-state index contributed by atoms with van der Waals surface area (Å²) >= 11 is 1.43. The first-order valence-electron chi connectivity index (χ1n) is 10.9. The lowest BCUT2D eigenvalue weighted by molar-refractivity contribution is -0.116. The highest BCUT2D eigenvalue weighted by atomic mass is 32.2. The highest BCUT2D eigenvalue weighted by molar-refractivity contribution is 8.00. The molecular weight excluding hydrogens is 430 g/mol. The Balaban J connectivity index is 1.52. The Morgan fingerprint density at radius 2 is 1.67 bits per heavy atom. The van der Waals surface area contributed by atoms with Crippen molar-refractivity contribution in [2.24, 2.45) is 0 Å². The molecule has 6 nitrogen and oxygen atoms in total. The molecule has 4 aromatic rings. The van der Waals surface area contributed by atoms with E-state index >= 15 is 0 Å². The van der Waals surface area contributed by atoms with Crippen LogP contribution in [-0.4, -0.2) is 26.0 Å². The molecule has 0 aliphatic carbocycles. The molecule has 0 bridgehead atoms. The van der Waals surface area contributed by atoms with Crippen molar-refractivity contribution >= 4 is 23.4 Å². The molecule has 0 unspecified atom stereocenters. The number of fused-ring (bicyclic) bond motifs is 1. The Hall–Kier alpha value is -3.58. The summed E-state index contributed by atoms with van der Waals surface area (Å²) in [5.74, 6) is 0.658. The minimum Gasteiger partial charge on any atom is -0.325 e. The average Bonchev–Trinajstić information content (AvgIpc) is 3.25. The average molecular weight is 456 g/mol. The van der Waals surface area contributed by atoms with E-state index in [2.05, 4.69) is 52.1 Å². The number of carbonyl (C=O) groups is 1. The van der Waals surface area contributed by atoms with Crippen LogP contribution >= 0.6 is 11.8 Å². The van der Waals surface area contributed by atoms with E-state index in [1.807, 2.05) is 67.1 Å². The third-order valence-corrected chi connectivity index (χ3v) is 7.03. The largest absolute Gasteiger partial charge is 0.325 e. The monoisotopic (exact) mass is 455 g/mol. The number of carbonyl (C=O) groups excluding carboxylic acids is 1. The van der Waals surface area contributed by atoms with Gasteiger partial charge in [0, 0.05) is 11.3 Å². The molecule has 2 N–H and O–H groups in total. The van der Waals surface area contributed by atoms with E-state index < -0.39 is 5.25 Å². The van der Waals surface area contributed by atoms with Crippen molar-refractivity contribution in [1.82, 2.24) is 14.9 Å². The van der Waals surface area contributed by atoms with Crippen molar-refractivity contribution in [3.05, 3.63) is 95.1 Å². The molecule has 0 spiro atoms. The summed E-state index contributed by atoms with van der Waals surface area (Å²) < 4.78 is 1.90. The minimum atomic E-state index is -0.423. The summed E-state index contributed by atoms with van der Waals surface area (Å²) in [6.45, 7) is 6.08. The second-order valence-electron chi connectivity index (χ2n) is 8.37. The van der Waals surface area contributed by atoms with Crippen LogP contribution in [0.4, 0.5) is 5.69 Å². The fraction of sp³-hybridized carbons (Fsp3) is 0.192. The Morgan fingerprint density at radius 3 is 2.42 bits per heavy atom. The van der Waals surface area contributed by atoms with Crippen LogP contribution < -0.4 is 10.7 Å². The number of thioether (sulfide) groups is 1. The number of hydrogen-bond acceptors (Lipinski definition) is 5. The Bertz CT molecular complexity index is 1300. The van der Waals surface area contributed by atoms with Crippen LogP contribution in [0.2, 0.25) is 0 Å². The first kappa shape index (κ1) is 21.3. The molecule has 0 fully saturated rings. The lowest BCUT2D eigenvalue weighted by Gasteiger charge is -2.33. The van der Waals surface area contributed by atoms with Crippen LogP contribution in [0.5, 0.6) is 0 Å². The molecule has 3 aromatic carbocycles. The van der Waals surface area contributed by atoms with E-state index in [0.29, 0.717) is 5.16 Å². The number of anilines is 1. The lowest BCUT2D eigenvalue weighted by atomic mass is 10.0. The number of aromatic nitrogens is 3. The fourth-order valence-corrected chi connectivity index (χ4v) is 5.01. The third-order valence-electron chi connectivity index (χ3n) is 5.81. The van der Waals surface area contributed by atoms with E-state index in [0.717, 1.165) is 33.8 Å². The number of aryl methyl sites for hydroxylation is 3. The van der Waals surface area contributed by atoms with Crippen molar-refractivity contribution in [2.75, 3.05) is 10.7 Å². The van der Waals surface area contributed by atoms with Crippen LogP contribution in [0.15, 0.2) is 78.0 Å². The van der Waals surface area contributed by atoms with E-state index in [1.165, 1.54) is 17.3 Å². The smallest absolute Gasteiger partial charge is 0.240 e. The van der Waals surface area contributed by atoms with Crippen molar-refractivity contribution < 1.29 is 4.79 Å². The molecule has 33 heavy (non-hydrogen) atoms. The van der Waals surface area contributed by atoms with Gasteiger partial charge in [-0.3, -0.25) is 4.79 Å². The first-order chi connectivity index (χ1) is 16.0. The predicted octanol–water partition coefficient (Wildman–Crippen LogP) is 5.27. The van der Waals surface area contributed by atoms with Gasteiger partial charge in [0.1, 0.15) is 5.25 Å². The van der Waals surface area contributed by atoms with E-state index in [-0.39, 0.29) is 11.9 Å². The molecule has 0 saturated carbocycles. The van der Waals surface area contributed by atoms with Gasteiger partial charge in [0.05, 0.1) is 6.04 Å². The van der Waals surface area contributed by atoms with Crippen molar-refractivity contribution in [1.29, 1.82) is 0 Å². The molecular formula is C26H25N5OS. The Kier molecular flexibility index (Phi) is 5.64. The van der Waals surface area contributed by atoms with Gasteiger partial charge in [-0.05, 0) is 43.5 Å². The van der Waals surface area contributed by atoms with Crippen LogP contribution in [0, 0.1) is 20.8 Å². The quantitative estimate of drug-likeness (QED) is 0.439. The second-order valence-corrected chi connectivity index (χ2v) is 9.48. The SMILES string of the molecule is Cc1ccc([C@H]2Nn3c(nnc3-c3ccccc3)S[C@@H]2C(=O)Nc2cc(C)ccc2C)cc1. The maximum atomic E-state index is 13.5. The van der Waals surface area contributed by atoms with Gasteiger partial charge in [0.2, 0.25) is 11.1 Å². The van der Waals surface area contributed by atoms with Gasteiger partial charge < -0.3 is 10.7 Å². The lowest BCUT2D eigenvalue weighted by Crippen LogP contribution is -2.41. The maximum Gasteiger partial charge on any atom is 0.240 e. The van der Waals surface area contributed by atoms with Crippen LogP contribution in [0.25, 0.3) is 11.4 Å². The Morgan fingerprint density at radius 1 is 0.939 bits per heavy atom. The highest BCUT2D eigenvalue weighted by Crippen LogP contribution is 2.39. The zero-order valence-corrected chi connectivity index (χ0v) is 19.6. The fourth-order valence-electron chi connectivity index (χ4n) is 3.93. The van der Waals surface area contributed by atoms with Crippen molar-refractivity contribution in [2.45, 2.75) is 37.2 Å². The van der Waals surface area contributed by atoms with Gasteiger partial charge in [-0.1, -0.05) is 84.1 Å². The highest BCUT2D eigenvalue weighted by Gasteiger charge is 2.38.